The number of carbonyl (C=O) groups is 1. The Balaban J connectivity index is 1.87. The van der Waals surface area contributed by atoms with E-state index in [9.17, 15) is 4.79 Å². The second-order valence-corrected chi connectivity index (χ2v) is 6.10. The van der Waals surface area contributed by atoms with E-state index in [-0.39, 0.29) is 5.78 Å². The lowest BCUT2D eigenvalue weighted by Gasteiger charge is -2.05. The highest BCUT2D eigenvalue weighted by molar-refractivity contribution is 9.10. The Labute approximate surface area is 132 Å². The Kier molecular flexibility index (Phi) is 3.89. The van der Waals surface area contributed by atoms with E-state index in [0.717, 1.165) is 21.2 Å². The number of carbonyl (C=O) groups excluding carboxylic acids is 1. The maximum absolute atomic E-state index is 12.4. The van der Waals surface area contributed by atoms with Gasteiger partial charge in [-0.2, -0.15) is 0 Å². The summed E-state index contributed by atoms with van der Waals surface area (Å²) in [5.74, 6) is 0.154. The van der Waals surface area contributed by atoms with Crippen molar-refractivity contribution in [2.45, 2.75) is 13.3 Å². The first-order valence-electron chi connectivity index (χ1n) is 6.90. The van der Waals surface area contributed by atoms with E-state index in [4.69, 9.17) is 0 Å². The number of ketones is 1. The summed E-state index contributed by atoms with van der Waals surface area (Å²) in [7, 11) is 0. The number of halogens is 1. The highest BCUT2D eigenvalue weighted by atomic mass is 79.9. The molecule has 2 heteroatoms. The van der Waals surface area contributed by atoms with E-state index in [0.29, 0.717) is 6.42 Å². The van der Waals surface area contributed by atoms with Crippen molar-refractivity contribution in [1.82, 2.24) is 0 Å². The molecule has 3 aromatic carbocycles. The van der Waals surface area contributed by atoms with Gasteiger partial charge in [0.15, 0.2) is 5.78 Å². The molecule has 0 aliphatic carbocycles. The number of fused-ring (bicyclic) bond motifs is 1. The minimum Gasteiger partial charge on any atom is -0.294 e. The van der Waals surface area contributed by atoms with Crippen molar-refractivity contribution in [2.24, 2.45) is 0 Å². The molecule has 0 aliphatic heterocycles. The van der Waals surface area contributed by atoms with Crippen molar-refractivity contribution in [3.8, 4) is 0 Å². The number of rotatable bonds is 3. The Bertz CT molecular complexity index is 821. The van der Waals surface area contributed by atoms with E-state index in [1.165, 1.54) is 10.8 Å². The Morgan fingerprint density at radius 1 is 0.952 bits per heavy atom. The number of aryl methyl sites for hydroxylation is 1. The second-order valence-electron chi connectivity index (χ2n) is 5.25. The molecule has 0 amide bonds. The summed E-state index contributed by atoms with van der Waals surface area (Å²) in [6.45, 7) is 2.00. The van der Waals surface area contributed by atoms with Gasteiger partial charge in [0.1, 0.15) is 0 Å². The first-order valence-corrected chi connectivity index (χ1v) is 7.70. The Morgan fingerprint density at radius 3 is 2.48 bits per heavy atom. The fraction of sp³-hybridized carbons (Fsp3) is 0.105. The standard InChI is InChI=1S/C19H15BrO/c1-13-10-17(8-9-18(13)20)19(21)12-14-6-7-15-4-2-3-5-16(15)11-14/h2-11H,12H2,1H3. The van der Waals surface area contributed by atoms with Gasteiger partial charge in [0, 0.05) is 16.5 Å². The van der Waals surface area contributed by atoms with Crippen molar-refractivity contribution in [3.63, 3.8) is 0 Å². The zero-order valence-corrected chi connectivity index (χ0v) is 13.4. The molecule has 3 rings (SSSR count). The third kappa shape index (κ3) is 3.06. The monoisotopic (exact) mass is 338 g/mol. The summed E-state index contributed by atoms with van der Waals surface area (Å²) in [6, 6.07) is 20.2. The van der Waals surface area contributed by atoms with Crippen molar-refractivity contribution >= 4 is 32.5 Å². The quantitative estimate of drug-likeness (QED) is 0.589. The van der Waals surface area contributed by atoms with Crippen molar-refractivity contribution < 1.29 is 4.79 Å². The van der Waals surface area contributed by atoms with Gasteiger partial charge in [0.25, 0.3) is 0 Å². The lowest BCUT2D eigenvalue weighted by molar-refractivity contribution is 0.0993. The summed E-state index contributed by atoms with van der Waals surface area (Å²) in [6.07, 6.45) is 0.436. The van der Waals surface area contributed by atoms with Crippen LogP contribution in [0.25, 0.3) is 10.8 Å². The Hall–Kier alpha value is -1.93. The molecule has 0 aromatic heterocycles. The van der Waals surface area contributed by atoms with Gasteiger partial charge in [0.2, 0.25) is 0 Å². The molecular weight excluding hydrogens is 324 g/mol. The molecule has 0 saturated carbocycles. The molecule has 0 fully saturated rings. The van der Waals surface area contributed by atoms with E-state index in [1.54, 1.807) is 0 Å². The van der Waals surface area contributed by atoms with E-state index >= 15 is 0 Å². The van der Waals surface area contributed by atoms with Crippen molar-refractivity contribution in [3.05, 3.63) is 81.8 Å². The normalized spacial score (nSPS) is 10.8. The molecule has 1 nitrogen and oxygen atoms in total. The van der Waals surface area contributed by atoms with E-state index in [1.807, 2.05) is 43.3 Å². The SMILES string of the molecule is Cc1cc(C(=O)Cc2ccc3ccccc3c2)ccc1Br. The van der Waals surface area contributed by atoms with Gasteiger partial charge in [-0.15, -0.1) is 0 Å². The summed E-state index contributed by atoms with van der Waals surface area (Å²) in [5, 5.41) is 2.38. The van der Waals surface area contributed by atoms with Crippen LogP contribution in [0.4, 0.5) is 0 Å². The van der Waals surface area contributed by atoms with Crippen LogP contribution in [-0.2, 0) is 6.42 Å². The van der Waals surface area contributed by atoms with Crippen LogP contribution in [-0.4, -0.2) is 5.78 Å². The average Bonchev–Trinajstić information content (AvgIpc) is 2.50. The molecule has 0 atom stereocenters. The molecule has 0 spiro atoms. The first kappa shape index (κ1) is 14.0. The van der Waals surface area contributed by atoms with Crippen molar-refractivity contribution in [1.29, 1.82) is 0 Å². The summed E-state index contributed by atoms with van der Waals surface area (Å²) in [5.41, 5.74) is 2.91. The van der Waals surface area contributed by atoms with Gasteiger partial charge < -0.3 is 0 Å². The molecule has 3 aromatic rings. The average molecular weight is 339 g/mol. The number of Topliss-reactive ketones (excluding diaryl/α,β-unsaturated/α-hetero) is 1. The molecule has 0 unspecified atom stereocenters. The van der Waals surface area contributed by atoms with E-state index in [2.05, 4.69) is 40.2 Å². The predicted molar refractivity (Wildman–Crippen MR) is 90.9 cm³/mol. The minimum atomic E-state index is 0.154. The van der Waals surface area contributed by atoms with Crippen molar-refractivity contribution in [2.75, 3.05) is 0 Å². The van der Waals surface area contributed by atoms with Crippen LogP contribution in [0.1, 0.15) is 21.5 Å². The fourth-order valence-corrected chi connectivity index (χ4v) is 2.70. The lowest BCUT2D eigenvalue weighted by Crippen LogP contribution is -2.04. The van der Waals surface area contributed by atoms with E-state index < -0.39 is 0 Å². The molecule has 0 radical (unpaired) electrons. The van der Waals surface area contributed by atoms with Crippen LogP contribution in [0.3, 0.4) is 0 Å². The highest BCUT2D eigenvalue weighted by Crippen LogP contribution is 2.20. The lowest BCUT2D eigenvalue weighted by atomic mass is 9.99. The van der Waals surface area contributed by atoms with Crippen LogP contribution in [0, 0.1) is 6.92 Å². The van der Waals surface area contributed by atoms with Crippen LogP contribution >= 0.6 is 15.9 Å². The summed E-state index contributed by atoms with van der Waals surface area (Å²) in [4.78, 5) is 12.4. The van der Waals surface area contributed by atoms with Crippen LogP contribution in [0.15, 0.2) is 65.1 Å². The number of benzene rings is 3. The van der Waals surface area contributed by atoms with Gasteiger partial charge in [-0.05, 0) is 41.0 Å². The molecule has 0 saturated heterocycles. The zero-order chi connectivity index (χ0) is 14.8. The summed E-state index contributed by atoms with van der Waals surface area (Å²) < 4.78 is 1.03. The topological polar surface area (TPSA) is 17.1 Å². The fourth-order valence-electron chi connectivity index (χ4n) is 2.45. The molecule has 0 aliphatic rings. The smallest absolute Gasteiger partial charge is 0.167 e. The molecule has 0 heterocycles. The molecule has 21 heavy (non-hydrogen) atoms. The third-order valence-electron chi connectivity index (χ3n) is 3.66. The predicted octanol–water partition coefficient (Wildman–Crippen LogP) is 5.34. The molecule has 0 bridgehead atoms. The van der Waals surface area contributed by atoms with Crippen LogP contribution in [0.2, 0.25) is 0 Å². The zero-order valence-electron chi connectivity index (χ0n) is 11.8. The molecule has 0 N–H and O–H groups in total. The van der Waals surface area contributed by atoms with Gasteiger partial charge in [0.05, 0.1) is 0 Å². The van der Waals surface area contributed by atoms with Crippen LogP contribution < -0.4 is 0 Å². The van der Waals surface area contributed by atoms with Gasteiger partial charge in [-0.3, -0.25) is 4.79 Å². The molecular formula is C19H15BrO. The minimum absolute atomic E-state index is 0.154. The number of hydrogen-bond donors (Lipinski definition) is 0. The first-order chi connectivity index (χ1) is 10.1. The second kappa shape index (κ2) is 5.82. The van der Waals surface area contributed by atoms with Gasteiger partial charge in [-0.25, -0.2) is 0 Å². The Morgan fingerprint density at radius 2 is 1.71 bits per heavy atom. The largest absolute Gasteiger partial charge is 0.294 e. The molecule has 104 valence electrons. The number of hydrogen-bond acceptors (Lipinski definition) is 1. The van der Waals surface area contributed by atoms with Gasteiger partial charge in [-0.1, -0.05) is 64.5 Å². The highest BCUT2D eigenvalue weighted by Gasteiger charge is 2.09. The van der Waals surface area contributed by atoms with Crippen LogP contribution in [0.5, 0.6) is 0 Å². The summed E-state index contributed by atoms with van der Waals surface area (Å²) >= 11 is 3.46. The van der Waals surface area contributed by atoms with Gasteiger partial charge >= 0.3 is 0 Å². The maximum Gasteiger partial charge on any atom is 0.167 e. The third-order valence-corrected chi connectivity index (χ3v) is 4.55. The maximum atomic E-state index is 12.4.